The zero-order chi connectivity index (χ0) is 14.8. The van der Waals surface area contributed by atoms with Crippen molar-refractivity contribution in [3.8, 4) is 5.75 Å². The maximum atomic E-state index is 14.1. The molecule has 0 bridgehead atoms. The summed E-state index contributed by atoms with van der Waals surface area (Å²) >= 11 is 5.84. The molecule has 1 atom stereocenters. The normalized spacial score (nSPS) is 19.0. The molecule has 2 rings (SSSR count). The summed E-state index contributed by atoms with van der Waals surface area (Å²) in [6.45, 7) is 0.699. The highest BCUT2D eigenvalue weighted by molar-refractivity contribution is 6.30. The Morgan fingerprint density at radius 1 is 1.35 bits per heavy atom. The number of aromatic hydroxyl groups is 1. The zero-order valence-electron chi connectivity index (χ0n) is 10.8. The van der Waals surface area contributed by atoms with E-state index in [9.17, 15) is 13.9 Å². The number of phenolic OH excluding ortho intramolecular Hbond substituents is 1. The van der Waals surface area contributed by atoms with Crippen LogP contribution in [-0.2, 0) is 0 Å². The van der Waals surface area contributed by atoms with E-state index in [2.05, 4.69) is 5.32 Å². The molecule has 1 aromatic rings. The molecule has 1 aliphatic heterocycles. The van der Waals surface area contributed by atoms with Crippen molar-refractivity contribution >= 4 is 11.6 Å². The second kappa shape index (κ2) is 6.22. The van der Waals surface area contributed by atoms with Crippen molar-refractivity contribution in [1.29, 1.82) is 0 Å². The molecule has 1 aromatic carbocycles. The number of alkyl halides is 2. The molecule has 0 saturated carbocycles. The van der Waals surface area contributed by atoms with Gasteiger partial charge >= 0.3 is 0 Å². The van der Waals surface area contributed by atoms with E-state index in [-0.39, 0.29) is 16.3 Å². The lowest BCUT2D eigenvalue weighted by molar-refractivity contribution is -0.119. The zero-order valence-corrected chi connectivity index (χ0v) is 11.6. The Hall–Kier alpha value is -0.950. The number of phenols is 1. The van der Waals surface area contributed by atoms with Crippen LogP contribution in [0.2, 0.25) is 5.02 Å². The third-order valence-corrected chi connectivity index (χ3v) is 3.65. The summed E-state index contributed by atoms with van der Waals surface area (Å²) in [7, 11) is 0. The van der Waals surface area contributed by atoms with Crippen molar-refractivity contribution in [2.45, 2.75) is 12.0 Å². The molecule has 3 N–H and O–H groups in total. The van der Waals surface area contributed by atoms with E-state index in [4.69, 9.17) is 16.7 Å². The minimum atomic E-state index is -3.36. The minimum absolute atomic E-state index is 0.0402. The van der Waals surface area contributed by atoms with Gasteiger partial charge in [0, 0.05) is 36.8 Å². The van der Waals surface area contributed by atoms with Gasteiger partial charge in [0.25, 0.3) is 5.92 Å². The number of hydrogen-bond donors (Lipinski definition) is 3. The number of nitrogens with one attached hydrogen (secondary N) is 1. The highest BCUT2D eigenvalue weighted by Crippen LogP contribution is 2.41. The van der Waals surface area contributed by atoms with E-state index in [1.165, 1.54) is 18.2 Å². The Labute approximate surface area is 121 Å². The van der Waals surface area contributed by atoms with Gasteiger partial charge in [-0.1, -0.05) is 11.6 Å². The Bertz CT molecular complexity index is 468. The van der Waals surface area contributed by atoms with Crippen LogP contribution in [0.5, 0.6) is 5.75 Å². The van der Waals surface area contributed by atoms with E-state index >= 15 is 0 Å². The third-order valence-electron chi connectivity index (χ3n) is 3.41. The molecular weight excluding hydrogens is 290 g/mol. The van der Waals surface area contributed by atoms with Gasteiger partial charge < -0.3 is 15.5 Å². The van der Waals surface area contributed by atoms with E-state index in [1.54, 1.807) is 4.90 Å². The standard InChI is InChI=1S/C13H17ClF2N2O2/c14-9-1-2-11(20)10(7-9)12(13(15,16)8-19)18-5-3-17-4-6-18/h1-2,7,12,17,19-20H,3-6,8H2/t12-/m0/s1. The maximum Gasteiger partial charge on any atom is 0.290 e. The summed E-state index contributed by atoms with van der Waals surface area (Å²) < 4.78 is 28.3. The largest absolute Gasteiger partial charge is 0.508 e. The topological polar surface area (TPSA) is 55.7 Å². The Morgan fingerprint density at radius 2 is 2.00 bits per heavy atom. The summed E-state index contributed by atoms with van der Waals surface area (Å²) in [5.74, 6) is -3.61. The van der Waals surface area contributed by atoms with Crippen LogP contribution >= 0.6 is 11.6 Å². The molecule has 20 heavy (non-hydrogen) atoms. The van der Waals surface area contributed by atoms with Crippen LogP contribution in [-0.4, -0.2) is 53.8 Å². The molecule has 1 saturated heterocycles. The molecule has 4 nitrogen and oxygen atoms in total. The molecule has 0 aromatic heterocycles. The molecule has 1 fully saturated rings. The molecule has 1 aliphatic rings. The van der Waals surface area contributed by atoms with Crippen molar-refractivity contribution in [3.63, 3.8) is 0 Å². The average molecular weight is 307 g/mol. The monoisotopic (exact) mass is 306 g/mol. The first kappa shape index (κ1) is 15.4. The van der Waals surface area contributed by atoms with Gasteiger partial charge in [0.1, 0.15) is 18.4 Å². The highest BCUT2D eigenvalue weighted by atomic mass is 35.5. The van der Waals surface area contributed by atoms with Crippen molar-refractivity contribution in [3.05, 3.63) is 28.8 Å². The van der Waals surface area contributed by atoms with Gasteiger partial charge in [-0.05, 0) is 18.2 Å². The molecule has 0 radical (unpaired) electrons. The highest BCUT2D eigenvalue weighted by Gasteiger charge is 2.45. The lowest BCUT2D eigenvalue weighted by Gasteiger charge is -2.39. The van der Waals surface area contributed by atoms with Crippen LogP contribution in [0.1, 0.15) is 11.6 Å². The lowest BCUT2D eigenvalue weighted by atomic mass is 9.97. The van der Waals surface area contributed by atoms with Gasteiger partial charge in [-0.25, -0.2) is 8.78 Å². The molecule has 1 heterocycles. The quantitative estimate of drug-likeness (QED) is 0.791. The van der Waals surface area contributed by atoms with Crippen LogP contribution in [0.15, 0.2) is 18.2 Å². The third kappa shape index (κ3) is 3.20. The van der Waals surface area contributed by atoms with Crippen LogP contribution in [0.4, 0.5) is 8.78 Å². The predicted octanol–water partition coefficient (Wildman–Crippen LogP) is 1.62. The SMILES string of the molecule is OCC(F)(F)[C@H](c1cc(Cl)ccc1O)N1CCNCC1. The molecule has 0 aliphatic carbocycles. The minimum Gasteiger partial charge on any atom is -0.508 e. The van der Waals surface area contributed by atoms with Gasteiger partial charge in [-0.15, -0.1) is 0 Å². The van der Waals surface area contributed by atoms with Gasteiger partial charge in [-0.3, -0.25) is 4.90 Å². The summed E-state index contributed by atoms with van der Waals surface area (Å²) in [5.41, 5.74) is 0.0402. The molecule has 112 valence electrons. The van der Waals surface area contributed by atoms with Crippen LogP contribution in [0.3, 0.4) is 0 Å². The second-order valence-corrected chi connectivity index (χ2v) is 5.25. The number of rotatable bonds is 4. The van der Waals surface area contributed by atoms with Crippen molar-refractivity contribution in [2.24, 2.45) is 0 Å². The summed E-state index contributed by atoms with van der Waals surface area (Å²) in [5, 5.41) is 22.2. The number of benzene rings is 1. The van der Waals surface area contributed by atoms with Crippen LogP contribution in [0, 0.1) is 0 Å². The maximum absolute atomic E-state index is 14.1. The first-order chi connectivity index (χ1) is 9.45. The molecule has 0 spiro atoms. The second-order valence-electron chi connectivity index (χ2n) is 4.81. The Kier molecular flexibility index (Phi) is 4.80. The first-order valence-corrected chi connectivity index (χ1v) is 6.75. The summed E-state index contributed by atoms with van der Waals surface area (Å²) in [4.78, 5) is 1.55. The van der Waals surface area contributed by atoms with Crippen molar-refractivity contribution in [2.75, 3.05) is 32.8 Å². The van der Waals surface area contributed by atoms with E-state index in [1.807, 2.05) is 0 Å². The average Bonchev–Trinajstić information content (AvgIpc) is 2.44. The van der Waals surface area contributed by atoms with Gasteiger partial charge in [-0.2, -0.15) is 0 Å². The molecular formula is C13H17ClF2N2O2. The molecule has 0 amide bonds. The molecule has 7 heteroatoms. The van der Waals surface area contributed by atoms with Gasteiger partial charge in [0.05, 0.1) is 0 Å². The van der Waals surface area contributed by atoms with Crippen LogP contribution < -0.4 is 5.32 Å². The smallest absolute Gasteiger partial charge is 0.290 e. The summed E-state index contributed by atoms with van der Waals surface area (Å²) in [6, 6.07) is 2.66. The molecule has 0 unspecified atom stereocenters. The van der Waals surface area contributed by atoms with Crippen molar-refractivity contribution < 1.29 is 19.0 Å². The van der Waals surface area contributed by atoms with Gasteiger partial charge in [0.2, 0.25) is 0 Å². The number of piperazine rings is 1. The summed E-state index contributed by atoms with van der Waals surface area (Å²) in [6.07, 6.45) is 0. The predicted molar refractivity (Wildman–Crippen MR) is 72.3 cm³/mol. The Morgan fingerprint density at radius 3 is 2.60 bits per heavy atom. The lowest BCUT2D eigenvalue weighted by Crippen LogP contribution is -2.51. The fraction of sp³-hybridized carbons (Fsp3) is 0.538. The fourth-order valence-electron chi connectivity index (χ4n) is 2.46. The Balaban J connectivity index is 2.42. The number of aliphatic hydroxyl groups is 1. The van der Waals surface area contributed by atoms with E-state index < -0.39 is 18.6 Å². The van der Waals surface area contributed by atoms with Crippen molar-refractivity contribution in [1.82, 2.24) is 10.2 Å². The number of hydrogen-bond acceptors (Lipinski definition) is 4. The first-order valence-electron chi connectivity index (χ1n) is 6.37. The van der Waals surface area contributed by atoms with Gasteiger partial charge in [0.15, 0.2) is 0 Å². The fourth-order valence-corrected chi connectivity index (χ4v) is 2.64. The number of halogens is 3. The van der Waals surface area contributed by atoms with E-state index in [0.717, 1.165) is 0 Å². The number of aliphatic hydroxyl groups excluding tert-OH is 1. The van der Waals surface area contributed by atoms with E-state index in [0.29, 0.717) is 26.2 Å². The van der Waals surface area contributed by atoms with Crippen LogP contribution in [0.25, 0.3) is 0 Å². The number of nitrogens with zero attached hydrogens (tertiary/aromatic N) is 1.